The summed E-state index contributed by atoms with van der Waals surface area (Å²) in [4.78, 5) is 4.81. The van der Waals surface area contributed by atoms with E-state index in [-0.39, 0.29) is 40.0 Å². The van der Waals surface area contributed by atoms with Crippen molar-refractivity contribution in [1.29, 1.82) is 0 Å². The fourth-order valence-corrected chi connectivity index (χ4v) is 4.07. The third-order valence-corrected chi connectivity index (χ3v) is 5.26. The number of imidazole rings is 1. The SMILES string of the molecule is Cc1ccc2c(c1)c1ccc[c-]c1c1ncc(-c3c(C)cccc3C)n21.[Br-].[Mg+2]. The van der Waals surface area contributed by atoms with Crippen molar-refractivity contribution in [1.82, 2.24) is 9.38 Å². The van der Waals surface area contributed by atoms with Gasteiger partial charge in [0, 0.05) is 17.3 Å². The third kappa shape index (κ3) is 3.04. The van der Waals surface area contributed by atoms with Gasteiger partial charge < -0.3 is 21.4 Å². The minimum absolute atomic E-state index is 0. The van der Waals surface area contributed by atoms with Crippen molar-refractivity contribution in [2.75, 3.05) is 0 Å². The molecule has 3 aromatic carbocycles. The number of halogens is 1. The predicted octanol–water partition coefficient (Wildman–Crippen LogP) is 2.66. The molecule has 0 aliphatic heterocycles. The average Bonchev–Trinajstić information content (AvgIpc) is 3.07. The first-order valence-corrected chi connectivity index (χ1v) is 8.92. The largest absolute Gasteiger partial charge is 2.00 e. The Labute approximate surface area is 191 Å². The van der Waals surface area contributed by atoms with Gasteiger partial charge in [0.05, 0.1) is 11.3 Å². The van der Waals surface area contributed by atoms with E-state index in [0.717, 1.165) is 16.7 Å². The zero-order valence-electron chi connectivity index (χ0n) is 16.3. The summed E-state index contributed by atoms with van der Waals surface area (Å²) >= 11 is 0. The normalized spacial score (nSPS) is 10.8. The number of pyridine rings is 1. The Morgan fingerprint density at radius 2 is 1.64 bits per heavy atom. The summed E-state index contributed by atoms with van der Waals surface area (Å²) in [6.07, 6.45) is 2.00. The van der Waals surface area contributed by atoms with Crippen LogP contribution < -0.4 is 17.0 Å². The zero-order valence-corrected chi connectivity index (χ0v) is 19.3. The third-order valence-electron chi connectivity index (χ3n) is 5.26. The molecule has 0 fully saturated rings. The Morgan fingerprint density at radius 1 is 0.893 bits per heavy atom. The summed E-state index contributed by atoms with van der Waals surface area (Å²) in [5.41, 5.74) is 8.35. The molecule has 134 valence electrons. The molecule has 0 bridgehead atoms. The van der Waals surface area contributed by atoms with E-state index in [1.807, 2.05) is 12.3 Å². The molecular weight excluding hydrogens is 420 g/mol. The van der Waals surface area contributed by atoms with Crippen molar-refractivity contribution in [2.45, 2.75) is 20.8 Å². The van der Waals surface area contributed by atoms with Crippen molar-refractivity contribution < 1.29 is 17.0 Å². The van der Waals surface area contributed by atoms with E-state index < -0.39 is 0 Å². The minimum Gasteiger partial charge on any atom is -1.00 e. The molecule has 0 atom stereocenters. The first-order valence-electron chi connectivity index (χ1n) is 8.92. The molecule has 2 aromatic heterocycles. The van der Waals surface area contributed by atoms with E-state index in [9.17, 15) is 0 Å². The molecule has 0 aliphatic carbocycles. The van der Waals surface area contributed by atoms with E-state index in [2.05, 4.69) is 79.8 Å². The summed E-state index contributed by atoms with van der Waals surface area (Å²) in [6.45, 7) is 6.48. The summed E-state index contributed by atoms with van der Waals surface area (Å²) in [5.74, 6) is 0. The average molecular weight is 440 g/mol. The maximum atomic E-state index is 4.81. The number of aryl methyl sites for hydroxylation is 3. The monoisotopic (exact) mass is 438 g/mol. The van der Waals surface area contributed by atoms with Crippen LogP contribution in [0.25, 0.3) is 38.6 Å². The van der Waals surface area contributed by atoms with Crippen LogP contribution in [-0.2, 0) is 0 Å². The van der Waals surface area contributed by atoms with Crippen LogP contribution in [0.1, 0.15) is 16.7 Å². The van der Waals surface area contributed by atoms with Crippen LogP contribution in [0.15, 0.2) is 60.8 Å². The zero-order chi connectivity index (χ0) is 17.8. The number of rotatable bonds is 1. The summed E-state index contributed by atoms with van der Waals surface area (Å²) in [6, 6.07) is 22.7. The van der Waals surface area contributed by atoms with Gasteiger partial charge in [0.15, 0.2) is 0 Å². The van der Waals surface area contributed by atoms with Gasteiger partial charge in [-0.1, -0.05) is 41.3 Å². The molecule has 0 aliphatic rings. The van der Waals surface area contributed by atoms with Crippen LogP contribution in [0, 0.1) is 26.8 Å². The molecule has 0 N–H and O–H groups in total. The topological polar surface area (TPSA) is 17.3 Å². The van der Waals surface area contributed by atoms with Gasteiger partial charge in [0.2, 0.25) is 0 Å². The molecule has 28 heavy (non-hydrogen) atoms. The number of hydrogen-bond acceptors (Lipinski definition) is 1. The second kappa shape index (κ2) is 7.86. The van der Waals surface area contributed by atoms with Gasteiger partial charge in [-0.05, 0) is 43.4 Å². The van der Waals surface area contributed by atoms with Crippen molar-refractivity contribution in [3.8, 4) is 11.3 Å². The van der Waals surface area contributed by atoms with E-state index in [1.54, 1.807) is 0 Å². The molecule has 0 saturated heterocycles. The fourth-order valence-electron chi connectivity index (χ4n) is 4.07. The smallest absolute Gasteiger partial charge is 1.00 e. The van der Waals surface area contributed by atoms with Gasteiger partial charge in [-0.15, -0.1) is 29.7 Å². The maximum absolute atomic E-state index is 4.81. The summed E-state index contributed by atoms with van der Waals surface area (Å²) in [5, 5.41) is 3.52. The molecule has 5 rings (SSSR count). The number of benzene rings is 3. The van der Waals surface area contributed by atoms with Crippen molar-refractivity contribution in [3.05, 3.63) is 83.6 Å². The number of hydrogen-bond donors (Lipinski definition) is 0. The Bertz CT molecular complexity index is 1300. The maximum Gasteiger partial charge on any atom is 2.00 e. The first-order chi connectivity index (χ1) is 12.6. The van der Waals surface area contributed by atoms with Crippen molar-refractivity contribution in [2.24, 2.45) is 0 Å². The van der Waals surface area contributed by atoms with Gasteiger partial charge in [0.25, 0.3) is 0 Å². The Kier molecular flexibility index (Phi) is 5.85. The van der Waals surface area contributed by atoms with Gasteiger partial charge in [-0.3, -0.25) is 4.98 Å². The molecule has 0 radical (unpaired) electrons. The van der Waals surface area contributed by atoms with Crippen LogP contribution in [0.4, 0.5) is 0 Å². The molecule has 0 spiro atoms. The van der Waals surface area contributed by atoms with Crippen LogP contribution >= 0.6 is 0 Å². The van der Waals surface area contributed by atoms with Gasteiger partial charge in [-0.2, -0.15) is 0 Å². The van der Waals surface area contributed by atoms with Crippen LogP contribution in [-0.4, -0.2) is 32.4 Å². The number of nitrogens with zero attached hydrogens (tertiary/aromatic N) is 2. The van der Waals surface area contributed by atoms with E-state index in [0.29, 0.717) is 0 Å². The van der Waals surface area contributed by atoms with Crippen LogP contribution in [0.3, 0.4) is 0 Å². The van der Waals surface area contributed by atoms with E-state index in [1.165, 1.54) is 38.5 Å². The summed E-state index contributed by atoms with van der Waals surface area (Å²) < 4.78 is 2.29. The Balaban J connectivity index is 0.00000112. The standard InChI is InChI=1S/C24H19N2.BrH.Mg/c1-15-11-12-21-20(13-15)18-9-4-5-10-19(18)24-25-14-22(26(21)24)23-16(2)7-6-8-17(23)3;;/h4-9,11-14H,1-3H3;1H;/q-1;;+2/p-1. The number of fused-ring (bicyclic) bond motifs is 6. The van der Waals surface area contributed by atoms with Crippen molar-refractivity contribution in [3.63, 3.8) is 0 Å². The molecule has 0 amide bonds. The predicted molar refractivity (Wildman–Crippen MR) is 114 cm³/mol. The van der Waals surface area contributed by atoms with Crippen LogP contribution in [0.2, 0.25) is 0 Å². The number of aromatic nitrogens is 2. The molecule has 4 heteroatoms. The second-order valence-corrected chi connectivity index (χ2v) is 7.05. The van der Waals surface area contributed by atoms with Crippen molar-refractivity contribution >= 4 is 50.4 Å². The van der Waals surface area contributed by atoms with Gasteiger partial charge in [0.1, 0.15) is 0 Å². The quantitative estimate of drug-likeness (QED) is 0.223. The molecular formula is C24H19BrMgN2. The minimum atomic E-state index is 0. The second-order valence-electron chi connectivity index (χ2n) is 7.05. The van der Waals surface area contributed by atoms with Gasteiger partial charge in [-0.25, -0.2) is 0 Å². The molecule has 2 nitrogen and oxygen atoms in total. The summed E-state index contributed by atoms with van der Waals surface area (Å²) in [7, 11) is 0. The first kappa shape index (κ1) is 20.8. The Morgan fingerprint density at radius 3 is 2.39 bits per heavy atom. The van der Waals surface area contributed by atoms with E-state index >= 15 is 0 Å². The molecule has 2 heterocycles. The Hall–Kier alpha value is -1.88. The van der Waals surface area contributed by atoms with E-state index in [4.69, 9.17) is 4.98 Å². The molecule has 0 saturated carbocycles. The van der Waals surface area contributed by atoms with Gasteiger partial charge >= 0.3 is 23.1 Å². The molecule has 0 unspecified atom stereocenters. The molecule has 5 aromatic rings. The van der Waals surface area contributed by atoms with Crippen LogP contribution in [0.5, 0.6) is 0 Å². The fraction of sp³-hybridized carbons (Fsp3) is 0.125.